The van der Waals surface area contributed by atoms with Crippen molar-refractivity contribution in [2.75, 3.05) is 0 Å². The summed E-state index contributed by atoms with van der Waals surface area (Å²) in [6.07, 6.45) is 3.93. The van der Waals surface area contributed by atoms with Gasteiger partial charge >= 0.3 is 0 Å². The molecule has 3 rings (SSSR count). The predicted molar refractivity (Wildman–Crippen MR) is 76.9 cm³/mol. The van der Waals surface area contributed by atoms with Crippen LogP contribution in [0.25, 0.3) is 6.08 Å². The molecule has 100 valence electrons. The molecular weight excluding hydrogens is 252 g/mol. The van der Waals surface area contributed by atoms with Crippen molar-refractivity contribution in [3.63, 3.8) is 0 Å². The molecule has 0 aliphatic carbocycles. The molecule has 1 N–H and O–H groups in total. The molecule has 1 aliphatic rings. The van der Waals surface area contributed by atoms with Gasteiger partial charge in [0, 0.05) is 12.5 Å². The SMILES string of the molecule is O=C1c2ccc(O)cc2OC1C/C=C/c1ccccc1. The first kappa shape index (κ1) is 12.5. The molecule has 0 fully saturated rings. The van der Waals surface area contributed by atoms with Gasteiger partial charge in [-0.2, -0.15) is 0 Å². The van der Waals surface area contributed by atoms with Crippen molar-refractivity contribution in [1.29, 1.82) is 0 Å². The largest absolute Gasteiger partial charge is 0.508 e. The third kappa shape index (κ3) is 2.43. The third-order valence-corrected chi connectivity index (χ3v) is 3.25. The quantitative estimate of drug-likeness (QED) is 0.925. The summed E-state index contributed by atoms with van der Waals surface area (Å²) in [5, 5.41) is 9.39. The summed E-state index contributed by atoms with van der Waals surface area (Å²) >= 11 is 0. The lowest BCUT2D eigenvalue weighted by Crippen LogP contribution is -2.19. The topological polar surface area (TPSA) is 46.5 Å². The molecule has 0 amide bonds. The van der Waals surface area contributed by atoms with Crippen molar-refractivity contribution in [2.24, 2.45) is 0 Å². The van der Waals surface area contributed by atoms with Gasteiger partial charge < -0.3 is 9.84 Å². The number of carbonyl (C=O) groups excluding carboxylic acids is 1. The van der Waals surface area contributed by atoms with Crippen molar-refractivity contribution in [2.45, 2.75) is 12.5 Å². The number of carbonyl (C=O) groups is 1. The first-order chi connectivity index (χ1) is 9.74. The lowest BCUT2D eigenvalue weighted by molar-refractivity contribution is 0.0861. The van der Waals surface area contributed by atoms with Crippen LogP contribution in [-0.2, 0) is 0 Å². The van der Waals surface area contributed by atoms with E-state index in [9.17, 15) is 9.90 Å². The van der Waals surface area contributed by atoms with E-state index >= 15 is 0 Å². The number of ketones is 1. The number of rotatable bonds is 3. The first-order valence-corrected chi connectivity index (χ1v) is 6.49. The summed E-state index contributed by atoms with van der Waals surface area (Å²) in [5.74, 6) is 0.544. The van der Waals surface area contributed by atoms with Gasteiger partial charge in [-0.15, -0.1) is 0 Å². The minimum Gasteiger partial charge on any atom is -0.508 e. The van der Waals surface area contributed by atoms with E-state index in [1.54, 1.807) is 6.07 Å². The average Bonchev–Trinajstić information content (AvgIpc) is 2.76. The van der Waals surface area contributed by atoms with Crippen LogP contribution < -0.4 is 4.74 Å². The van der Waals surface area contributed by atoms with Gasteiger partial charge in [-0.3, -0.25) is 4.79 Å². The van der Waals surface area contributed by atoms with E-state index in [0.29, 0.717) is 17.7 Å². The van der Waals surface area contributed by atoms with Gasteiger partial charge in [0.1, 0.15) is 11.5 Å². The summed E-state index contributed by atoms with van der Waals surface area (Å²) in [6.45, 7) is 0. The standard InChI is InChI=1S/C17H14O3/c18-13-9-10-14-16(11-13)20-15(17(14)19)8-4-7-12-5-2-1-3-6-12/h1-7,9-11,15,18H,8H2/b7-4+. The Bertz CT molecular complexity index is 659. The van der Waals surface area contributed by atoms with Crippen molar-refractivity contribution in [3.8, 4) is 11.5 Å². The van der Waals surface area contributed by atoms with E-state index in [-0.39, 0.29) is 11.5 Å². The predicted octanol–water partition coefficient (Wildman–Crippen LogP) is 3.44. The molecule has 0 saturated carbocycles. The molecule has 20 heavy (non-hydrogen) atoms. The highest BCUT2D eigenvalue weighted by molar-refractivity contribution is 6.04. The Morgan fingerprint density at radius 2 is 1.95 bits per heavy atom. The maximum atomic E-state index is 12.1. The van der Waals surface area contributed by atoms with Crippen LogP contribution in [0.2, 0.25) is 0 Å². The summed E-state index contributed by atoms with van der Waals surface area (Å²) < 4.78 is 5.58. The first-order valence-electron chi connectivity index (χ1n) is 6.49. The summed E-state index contributed by atoms with van der Waals surface area (Å²) in [4.78, 5) is 12.1. The fourth-order valence-corrected chi connectivity index (χ4v) is 2.24. The summed E-state index contributed by atoms with van der Waals surface area (Å²) in [6, 6.07) is 14.5. The molecular formula is C17H14O3. The Morgan fingerprint density at radius 3 is 2.75 bits per heavy atom. The number of ether oxygens (including phenoxy) is 1. The van der Waals surface area contributed by atoms with Gasteiger partial charge in [0.05, 0.1) is 5.56 Å². The number of hydrogen-bond donors (Lipinski definition) is 1. The second-order valence-electron chi connectivity index (χ2n) is 4.70. The molecule has 1 atom stereocenters. The van der Waals surface area contributed by atoms with Crippen LogP contribution in [-0.4, -0.2) is 17.0 Å². The smallest absolute Gasteiger partial charge is 0.207 e. The van der Waals surface area contributed by atoms with E-state index < -0.39 is 6.10 Å². The molecule has 3 heteroatoms. The zero-order valence-electron chi connectivity index (χ0n) is 10.8. The van der Waals surface area contributed by atoms with Crippen molar-refractivity contribution in [3.05, 3.63) is 65.7 Å². The normalized spacial score (nSPS) is 17.2. The zero-order chi connectivity index (χ0) is 13.9. The highest BCUT2D eigenvalue weighted by Crippen LogP contribution is 2.33. The molecule has 1 heterocycles. The van der Waals surface area contributed by atoms with Crippen LogP contribution in [0.15, 0.2) is 54.6 Å². The van der Waals surface area contributed by atoms with Crippen LogP contribution in [0.1, 0.15) is 22.3 Å². The van der Waals surface area contributed by atoms with Gasteiger partial charge in [0.15, 0.2) is 6.10 Å². The molecule has 0 bridgehead atoms. The van der Waals surface area contributed by atoms with Gasteiger partial charge in [0.2, 0.25) is 5.78 Å². The molecule has 3 nitrogen and oxygen atoms in total. The average molecular weight is 266 g/mol. The molecule has 1 unspecified atom stereocenters. The van der Waals surface area contributed by atoms with Gasteiger partial charge in [0.25, 0.3) is 0 Å². The van der Waals surface area contributed by atoms with Crippen molar-refractivity contribution in [1.82, 2.24) is 0 Å². The molecule has 2 aromatic rings. The summed E-state index contributed by atoms with van der Waals surface area (Å²) in [5.41, 5.74) is 1.63. The highest BCUT2D eigenvalue weighted by atomic mass is 16.5. The minimum atomic E-state index is -0.494. The van der Waals surface area contributed by atoms with E-state index in [0.717, 1.165) is 5.56 Å². The van der Waals surface area contributed by atoms with Gasteiger partial charge in [-0.05, 0) is 17.7 Å². The lowest BCUT2D eigenvalue weighted by Gasteiger charge is -2.05. The second kappa shape index (κ2) is 5.21. The molecule has 2 aromatic carbocycles. The monoisotopic (exact) mass is 266 g/mol. The van der Waals surface area contributed by atoms with Crippen LogP contribution in [0.3, 0.4) is 0 Å². The maximum absolute atomic E-state index is 12.1. The van der Waals surface area contributed by atoms with Crippen molar-refractivity contribution < 1.29 is 14.6 Å². The zero-order valence-corrected chi connectivity index (χ0v) is 10.8. The second-order valence-corrected chi connectivity index (χ2v) is 4.70. The van der Waals surface area contributed by atoms with E-state index in [1.807, 2.05) is 42.5 Å². The Hall–Kier alpha value is -2.55. The maximum Gasteiger partial charge on any atom is 0.207 e. The minimum absolute atomic E-state index is 0.0299. The molecule has 0 saturated heterocycles. The van der Waals surface area contributed by atoms with Gasteiger partial charge in [-0.1, -0.05) is 42.5 Å². The Balaban J connectivity index is 1.69. The van der Waals surface area contributed by atoms with Crippen molar-refractivity contribution >= 4 is 11.9 Å². The number of aromatic hydroxyl groups is 1. The Kier molecular flexibility index (Phi) is 3.25. The summed E-state index contributed by atoms with van der Waals surface area (Å²) in [7, 11) is 0. The highest BCUT2D eigenvalue weighted by Gasteiger charge is 2.31. The number of fused-ring (bicyclic) bond motifs is 1. The molecule has 1 aliphatic heterocycles. The fourth-order valence-electron chi connectivity index (χ4n) is 2.24. The molecule has 0 radical (unpaired) electrons. The van der Waals surface area contributed by atoms with Crippen LogP contribution in [0.5, 0.6) is 11.5 Å². The number of benzene rings is 2. The number of hydrogen-bond acceptors (Lipinski definition) is 3. The Morgan fingerprint density at radius 1 is 1.15 bits per heavy atom. The number of phenolic OH excluding ortho intramolecular Hbond substituents is 1. The number of Topliss-reactive ketones (excluding diaryl/α,β-unsaturated/α-hetero) is 1. The fraction of sp³-hybridized carbons (Fsp3) is 0.118. The number of phenols is 1. The van der Waals surface area contributed by atoms with E-state index in [4.69, 9.17) is 4.74 Å². The van der Waals surface area contributed by atoms with Crippen LogP contribution in [0.4, 0.5) is 0 Å². The lowest BCUT2D eigenvalue weighted by atomic mass is 10.1. The van der Waals surface area contributed by atoms with Gasteiger partial charge in [-0.25, -0.2) is 0 Å². The Labute approximate surface area is 117 Å². The molecule has 0 spiro atoms. The van der Waals surface area contributed by atoms with E-state index in [1.165, 1.54) is 12.1 Å². The van der Waals surface area contributed by atoms with Crippen LogP contribution in [0, 0.1) is 0 Å². The van der Waals surface area contributed by atoms with E-state index in [2.05, 4.69) is 0 Å². The third-order valence-electron chi connectivity index (χ3n) is 3.25. The van der Waals surface area contributed by atoms with Crippen LogP contribution >= 0.6 is 0 Å². The molecule has 0 aromatic heterocycles.